The molecule has 0 aliphatic rings. The van der Waals surface area contributed by atoms with Gasteiger partial charge in [-0.25, -0.2) is 0 Å². The summed E-state index contributed by atoms with van der Waals surface area (Å²) in [6.45, 7) is 0. The highest BCUT2D eigenvalue weighted by molar-refractivity contribution is 6.30. The van der Waals surface area contributed by atoms with Gasteiger partial charge in [0.25, 0.3) is 0 Å². The number of rotatable bonds is 3. The Balaban J connectivity index is 1.60. The minimum atomic E-state index is 0.489. The second-order valence-electron chi connectivity index (χ2n) is 6.52. The van der Waals surface area contributed by atoms with Gasteiger partial charge in [-0.2, -0.15) is 0 Å². The van der Waals surface area contributed by atoms with E-state index in [0.29, 0.717) is 10.9 Å². The van der Waals surface area contributed by atoms with Crippen LogP contribution in [0.5, 0.6) is 11.6 Å². The normalized spacial score (nSPS) is 11.0. The summed E-state index contributed by atoms with van der Waals surface area (Å²) < 4.78 is 6.12. The lowest BCUT2D eigenvalue weighted by Gasteiger charge is -2.11. The first-order chi connectivity index (χ1) is 13.8. The van der Waals surface area contributed by atoms with E-state index in [4.69, 9.17) is 16.3 Å². The fraction of sp³-hybridized carbons (Fsp3) is 0. The predicted molar refractivity (Wildman–Crippen MR) is 114 cm³/mol. The molecule has 0 N–H and O–H groups in total. The zero-order valence-electron chi connectivity index (χ0n) is 14.8. The maximum absolute atomic E-state index is 6.12. The maximum Gasteiger partial charge on any atom is 0.246 e. The SMILES string of the molecule is Clc1ccc(-c2nnc(Oc3ccc4ccccc4c3)c3ccccc23)cc1. The summed E-state index contributed by atoms with van der Waals surface area (Å²) in [7, 11) is 0. The highest BCUT2D eigenvalue weighted by atomic mass is 35.5. The number of hydrogen-bond donors (Lipinski definition) is 0. The van der Waals surface area contributed by atoms with Crippen LogP contribution in [-0.4, -0.2) is 10.2 Å². The molecule has 28 heavy (non-hydrogen) atoms. The summed E-state index contributed by atoms with van der Waals surface area (Å²) in [6, 6.07) is 29.8. The van der Waals surface area contributed by atoms with Crippen LogP contribution in [0.25, 0.3) is 32.8 Å². The lowest BCUT2D eigenvalue weighted by atomic mass is 10.1. The minimum Gasteiger partial charge on any atom is -0.437 e. The molecule has 4 heteroatoms. The van der Waals surface area contributed by atoms with Crippen molar-refractivity contribution in [1.82, 2.24) is 10.2 Å². The Hall–Kier alpha value is -3.43. The van der Waals surface area contributed by atoms with Crippen LogP contribution in [0.15, 0.2) is 91.0 Å². The van der Waals surface area contributed by atoms with E-state index in [1.807, 2.05) is 78.9 Å². The van der Waals surface area contributed by atoms with Gasteiger partial charge in [0.1, 0.15) is 11.4 Å². The highest BCUT2D eigenvalue weighted by Gasteiger charge is 2.12. The highest BCUT2D eigenvalue weighted by Crippen LogP contribution is 2.34. The van der Waals surface area contributed by atoms with Crippen molar-refractivity contribution in [2.45, 2.75) is 0 Å². The van der Waals surface area contributed by atoms with Crippen molar-refractivity contribution < 1.29 is 4.74 Å². The molecule has 0 aliphatic carbocycles. The predicted octanol–water partition coefficient (Wildman–Crippen LogP) is 6.90. The van der Waals surface area contributed by atoms with Gasteiger partial charge in [-0.05, 0) is 41.1 Å². The Bertz CT molecular complexity index is 1300. The van der Waals surface area contributed by atoms with Gasteiger partial charge >= 0.3 is 0 Å². The molecular weight excluding hydrogens is 368 g/mol. The largest absolute Gasteiger partial charge is 0.437 e. The molecule has 0 unspecified atom stereocenters. The molecule has 1 aromatic heterocycles. The molecule has 5 rings (SSSR count). The summed E-state index contributed by atoms with van der Waals surface area (Å²) in [5.41, 5.74) is 1.77. The van der Waals surface area contributed by atoms with Crippen LogP contribution in [0.1, 0.15) is 0 Å². The number of fused-ring (bicyclic) bond motifs is 2. The van der Waals surface area contributed by atoms with E-state index in [0.717, 1.165) is 33.2 Å². The van der Waals surface area contributed by atoms with Crippen molar-refractivity contribution in [1.29, 1.82) is 0 Å². The molecule has 0 aliphatic heterocycles. The second-order valence-corrected chi connectivity index (χ2v) is 6.95. The lowest BCUT2D eigenvalue weighted by molar-refractivity contribution is 0.463. The van der Waals surface area contributed by atoms with Gasteiger partial charge in [0.05, 0.1) is 0 Å². The fourth-order valence-electron chi connectivity index (χ4n) is 3.32. The smallest absolute Gasteiger partial charge is 0.246 e. The van der Waals surface area contributed by atoms with Gasteiger partial charge < -0.3 is 4.74 Å². The summed E-state index contributed by atoms with van der Waals surface area (Å²) >= 11 is 6.02. The fourth-order valence-corrected chi connectivity index (χ4v) is 3.44. The van der Waals surface area contributed by atoms with Crippen LogP contribution in [-0.2, 0) is 0 Å². The molecule has 5 aromatic rings. The average molecular weight is 383 g/mol. The number of nitrogens with zero attached hydrogens (tertiary/aromatic N) is 2. The van der Waals surface area contributed by atoms with Gasteiger partial charge in [-0.15, -0.1) is 10.2 Å². The van der Waals surface area contributed by atoms with Gasteiger partial charge in [-0.3, -0.25) is 0 Å². The molecule has 0 saturated carbocycles. The van der Waals surface area contributed by atoms with E-state index in [2.05, 4.69) is 22.3 Å². The number of benzene rings is 4. The van der Waals surface area contributed by atoms with Crippen LogP contribution in [0.3, 0.4) is 0 Å². The zero-order chi connectivity index (χ0) is 18.9. The lowest BCUT2D eigenvalue weighted by Crippen LogP contribution is -1.96. The Morgan fingerprint density at radius 3 is 2.18 bits per heavy atom. The second kappa shape index (κ2) is 6.95. The van der Waals surface area contributed by atoms with E-state index in [9.17, 15) is 0 Å². The molecule has 0 radical (unpaired) electrons. The monoisotopic (exact) mass is 382 g/mol. The number of ether oxygens (including phenoxy) is 1. The van der Waals surface area contributed by atoms with Crippen LogP contribution >= 0.6 is 11.6 Å². The topological polar surface area (TPSA) is 35.0 Å². The van der Waals surface area contributed by atoms with Crippen LogP contribution in [0.2, 0.25) is 5.02 Å². The first kappa shape index (κ1) is 16.7. The number of aromatic nitrogens is 2. The third-order valence-electron chi connectivity index (χ3n) is 4.71. The van der Waals surface area contributed by atoms with Crippen LogP contribution in [0, 0.1) is 0 Å². The molecule has 0 amide bonds. The molecule has 0 atom stereocenters. The zero-order valence-corrected chi connectivity index (χ0v) is 15.6. The molecule has 0 spiro atoms. The maximum atomic E-state index is 6.12. The molecule has 134 valence electrons. The first-order valence-corrected chi connectivity index (χ1v) is 9.34. The van der Waals surface area contributed by atoms with Crippen molar-refractivity contribution in [3.63, 3.8) is 0 Å². The summed E-state index contributed by atoms with van der Waals surface area (Å²) in [5.74, 6) is 1.22. The Morgan fingerprint density at radius 1 is 0.643 bits per heavy atom. The van der Waals surface area contributed by atoms with E-state index >= 15 is 0 Å². The quantitative estimate of drug-likeness (QED) is 0.340. The molecule has 0 saturated heterocycles. The summed E-state index contributed by atoms with van der Waals surface area (Å²) in [6.07, 6.45) is 0. The Morgan fingerprint density at radius 2 is 1.36 bits per heavy atom. The number of hydrogen-bond acceptors (Lipinski definition) is 3. The molecule has 3 nitrogen and oxygen atoms in total. The third-order valence-corrected chi connectivity index (χ3v) is 4.96. The molecular formula is C24H15ClN2O. The third kappa shape index (κ3) is 3.06. The molecule has 0 bridgehead atoms. The van der Waals surface area contributed by atoms with E-state index in [-0.39, 0.29) is 0 Å². The summed E-state index contributed by atoms with van der Waals surface area (Å²) in [4.78, 5) is 0. The van der Waals surface area contributed by atoms with Crippen molar-refractivity contribution >= 4 is 33.1 Å². The van der Waals surface area contributed by atoms with E-state index in [1.165, 1.54) is 5.39 Å². The van der Waals surface area contributed by atoms with Crippen molar-refractivity contribution in [3.05, 3.63) is 96.0 Å². The van der Waals surface area contributed by atoms with Gasteiger partial charge in [0.2, 0.25) is 5.88 Å². The first-order valence-electron chi connectivity index (χ1n) is 8.96. The number of halogens is 1. The molecule has 1 heterocycles. The Labute approximate surface area is 167 Å². The van der Waals surface area contributed by atoms with Gasteiger partial charge in [-0.1, -0.05) is 72.3 Å². The van der Waals surface area contributed by atoms with Crippen LogP contribution < -0.4 is 4.74 Å². The van der Waals surface area contributed by atoms with Crippen molar-refractivity contribution in [3.8, 4) is 22.9 Å². The summed E-state index contributed by atoms with van der Waals surface area (Å²) in [5, 5.41) is 13.7. The van der Waals surface area contributed by atoms with Gasteiger partial charge in [0.15, 0.2) is 0 Å². The van der Waals surface area contributed by atoms with Gasteiger partial charge in [0, 0.05) is 21.4 Å². The minimum absolute atomic E-state index is 0.489. The van der Waals surface area contributed by atoms with Crippen LogP contribution in [0.4, 0.5) is 0 Å². The Kier molecular flexibility index (Phi) is 4.15. The standard InChI is InChI=1S/C24H15ClN2O/c25-19-12-9-17(10-13-19)23-21-7-3-4-8-22(21)24(27-26-23)28-20-14-11-16-5-1-2-6-18(16)15-20/h1-15H. The molecule has 0 fully saturated rings. The molecule has 4 aromatic carbocycles. The van der Waals surface area contributed by atoms with Crippen molar-refractivity contribution in [2.24, 2.45) is 0 Å². The van der Waals surface area contributed by atoms with Crippen molar-refractivity contribution in [2.75, 3.05) is 0 Å². The van der Waals surface area contributed by atoms with E-state index < -0.39 is 0 Å². The van der Waals surface area contributed by atoms with E-state index in [1.54, 1.807) is 0 Å². The average Bonchev–Trinajstić information content (AvgIpc) is 2.75.